The van der Waals surface area contributed by atoms with Gasteiger partial charge in [0, 0.05) is 18.5 Å². The van der Waals surface area contributed by atoms with Gasteiger partial charge in [0.15, 0.2) is 6.61 Å². The standard InChI is InChI=1S/C24H24BrN3O4/c1-15-7-8-16(2)19(13-15)26-21(29)11-12-22(30)27-28-23(31)14-32-20-10-9-17-5-3-4-6-18(17)24(20)25/h3-10,13H,11-12,14H2,1-2H3,(H,26,29)(H,27,30)(H,28,31). The minimum atomic E-state index is -0.516. The summed E-state index contributed by atoms with van der Waals surface area (Å²) in [6.07, 6.45) is -0.0658. The summed E-state index contributed by atoms with van der Waals surface area (Å²) < 4.78 is 6.30. The van der Waals surface area contributed by atoms with Crippen LogP contribution >= 0.6 is 15.9 Å². The zero-order valence-electron chi connectivity index (χ0n) is 17.8. The molecule has 0 heterocycles. The molecule has 0 aliphatic carbocycles. The first-order chi connectivity index (χ1) is 15.3. The molecular weight excluding hydrogens is 474 g/mol. The van der Waals surface area contributed by atoms with Gasteiger partial charge < -0.3 is 10.1 Å². The van der Waals surface area contributed by atoms with Gasteiger partial charge in [0.25, 0.3) is 5.91 Å². The second kappa shape index (κ2) is 10.8. The fourth-order valence-electron chi connectivity index (χ4n) is 3.02. The molecule has 0 bridgehead atoms. The molecule has 0 unspecified atom stereocenters. The Bertz CT molecular complexity index is 1160. The van der Waals surface area contributed by atoms with E-state index in [4.69, 9.17) is 4.74 Å². The van der Waals surface area contributed by atoms with Gasteiger partial charge in [0.2, 0.25) is 11.8 Å². The highest BCUT2D eigenvalue weighted by molar-refractivity contribution is 9.10. The summed E-state index contributed by atoms with van der Waals surface area (Å²) in [4.78, 5) is 36.0. The monoisotopic (exact) mass is 497 g/mol. The van der Waals surface area contributed by atoms with Crippen LogP contribution in [0, 0.1) is 13.8 Å². The van der Waals surface area contributed by atoms with Crippen LogP contribution in [0.2, 0.25) is 0 Å². The second-order valence-electron chi connectivity index (χ2n) is 7.35. The number of halogens is 1. The topological polar surface area (TPSA) is 96.5 Å². The maximum atomic E-state index is 12.1. The molecule has 0 radical (unpaired) electrons. The number of carbonyl (C=O) groups is 3. The molecule has 0 saturated carbocycles. The molecule has 166 valence electrons. The third kappa shape index (κ3) is 6.31. The number of benzene rings is 3. The predicted octanol–water partition coefficient (Wildman–Crippen LogP) is 4.16. The lowest BCUT2D eigenvalue weighted by molar-refractivity contribution is -0.130. The molecule has 0 fully saturated rings. The van der Waals surface area contributed by atoms with Crippen LogP contribution in [0.4, 0.5) is 5.69 Å². The number of nitrogens with one attached hydrogen (secondary N) is 3. The van der Waals surface area contributed by atoms with Gasteiger partial charge in [0.1, 0.15) is 5.75 Å². The van der Waals surface area contributed by atoms with E-state index in [0.29, 0.717) is 5.75 Å². The number of anilines is 1. The van der Waals surface area contributed by atoms with E-state index in [1.54, 1.807) is 6.07 Å². The number of amides is 3. The normalized spacial score (nSPS) is 10.5. The lowest BCUT2D eigenvalue weighted by Gasteiger charge is -2.11. The van der Waals surface area contributed by atoms with Crippen molar-refractivity contribution in [2.45, 2.75) is 26.7 Å². The van der Waals surface area contributed by atoms with Gasteiger partial charge in [-0.05, 0) is 63.8 Å². The Balaban J connectivity index is 1.40. The van der Waals surface area contributed by atoms with Crippen molar-refractivity contribution in [2.24, 2.45) is 0 Å². The minimum absolute atomic E-state index is 0.00434. The molecule has 0 aliphatic rings. The molecule has 0 aliphatic heterocycles. The fraction of sp³-hybridized carbons (Fsp3) is 0.208. The first-order valence-electron chi connectivity index (χ1n) is 10.1. The van der Waals surface area contributed by atoms with Crippen LogP contribution in [0.3, 0.4) is 0 Å². The van der Waals surface area contributed by atoms with Crippen molar-refractivity contribution in [3.05, 3.63) is 70.2 Å². The summed E-state index contributed by atoms with van der Waals surface area (Å²) in [6.45, 7) is 3.56. The van der Waals surface area contributed by atoms with E-state index in [0.717, 1.165) is 32.1 Å². The average molecular weight is 498 g/mol. The fourth-order valence-corrected chi connectivity index (χ4v) is 3.62. The molecule has 3 aromatic rings. The maximum Gasteiger partial charge on any atom is 0.276 e. The number of rotatable bonds is 7. The third-order valence-electron chi connectivity index (χ3n) is 4.77. The summed E-state index contributed by atoms with van der Waals surface area (Å²) in [5, 5.41) is 4.81. The molecule has 3 N–H and O–H groups in total. The molecule has 32 heavy (non-hydrogen) atoms. The Morgan fingerprint density at radius 3 is 2.41 bits per heavy atom. The lowest BCUT2D eigenvalue weighted by Crippen LogP contribution is -2.44. The molecule has 0 aromatic heterocycles. The van der Waals surface area contributed by atoms with Gasteiger partial charge in [0.05, 0.1) is 4.47 Å². The van der Waals surface area contributed by atoms with E-state index < -0.39 is 11.8 Å². The predicted molar refractivity (Wildman–Crippen MR) is 127 cm³/mol. The summed E-state index contributed by atoms with van der Waals surface area (Å²) in [5.41, 5.74) is 7.28. The third-order valence-corrected chi connectivity index (χ3v) is 5.59. The zero-order valence-corrected chi connectivity index (χ0v) is 19.4. The molecule has 3 rings (SSSR count). The van der Waals surface area contributed by atoms with Gasteiger partial charge in [-0.3, -0.25) is 25.2 Å². The molecular formula is C24H24BrN3O4. The second-order valence-corrected chi connectivity index (χ2v) is 8.14. The van der Waals surface area contributed by atoms with Crippen molar-refractivity contribution in [2.75, 3.05) is 11.9 Å². The van der Waals surface area contributed by atoms with Gasteiger partial charge in [-0.2, -0.15) is 0 Å². The van der Waals surface area contributed by atoms with Crippen LogP contribution in [-0.4, -0.2) is 24.3 Å². The SMILES string of the molecule is Cc1ccc(C)c(NC(=O)CCC(=O)NNC(=O)COc2ccc3ccccc3c2Br)c1. The zero-order chi connectivity index (χ0) is 23.1. The molecule has 3 aromatic carbocycles. The summed E-state index contributed by atoms with van der Waals surface area (Å²) in [7, 11) is 0. The van der Waals surface area contributed by atoms with Gasteiger partial charge in [-0.15, -0.1) is 0 Å². The number of hydrazine groups is 1. The first kappa shape index (κ1) is 23.3. The van der Waals surface area contributed by atoms with Crippen LogP contribution < -0.4 is 20.9 Å². The van der Waals surface area contributed by atoms with Crippen LogP contribution in [0.15, 0.2) is 59.1 Å². The van der Waals surface area contributed by atoms with Crippen LogP contribution in [0.1, 0.15) is 24.0 Å². The van der Waals surface area contributed by atoms with Crippen molar-refractivity contribution < 1.29 is 19.1 Å². The first-order valence-corrected chi connectivity index (χ1v) is 10.9. The molecule has 0 atom stereocenters. The van der Waals surface area contributed by atoms with Crippen LogP contribution in [-0.2, 0) is 14.4 Å². The Kier molecular flexibility index (Phi) is 7.83. The minimum Gasteiger partial charge on any atom is -0.483 e. The van der Waals surface area contributed by atoms with E-state index in [1.807, 2.05) is 62.4 Å². The quantitative estimate of drug-likeness (QED) is 0.427. The van der Waals surface area contributed by atoms with E-state index in [-0.39, 0.29) is 25.4 Å². The van der Waals surface area contributed by atoms with Gasteiger partial charge in [-0.25, -0.2) is 0 Å². The summed E-state index contributed by atoms with van der Waals surface area (Å²) in [5.74, 6) is -0.738. The Hall–Kier alpha value is -3.39. The van der Waals surface area contributed by atoms with E-state index in [2.05, 4.69) is 32.1 Å². The molecule has 3 amide bonds. The highest BCUT2D eigenvalue weighted by Gasteiger charge is 2.11. The number of hydrogen-bond donors (Lipinski definition) is 3. The van der Waals surface area contributed by atoms with Crippen molar-refractivity contribution in [3.63, 3.8) is 0 Å². The van der Waals surface area contributed by atoms with Gasteiger partial charge >= 0.3 is 0 Å². The molecule has 8 heteroatoms. The molecule has 0 spiro atoms. The largest absolute Gasteiger partial charge is 0.483 e. The van der Waals surface area contributed by atoms with Gasteiger partial charge in [-0.1, -0.05) is 42.5 Å². The van der Waals surface area contributed by atoms with Crippen LogP contribution in [0.5, 0.6) is 5.75 Å². The van der Waals surface area contributed by atoms with E-state index in [1.165, 1.54) is 0 Å². The molecule has 0 saturated heterocycles. The Morgan fingerprint density at radius 1 is 0.875 bits per heavy atom. The number of fused-ring (bicyclic) bond motifs is 1. The number of carbonyl (C=O) groups excluding carboxylic acids is 3. The lowest BCUT2D eigenvalue weighted by atomic mass is 10.1. The Labute approximate surface area is 194 Å². The van der Waals surface area contributed by atoms with Crippen molar-refractivity contribution in [1.29, 1.82) is 0 Å². The summed E-state index contributed by atoms with van der Waals surface area (Å²) >= 11 is 3.50. The van der Waals surface area contributed by atoms with Crippen LogP contribution in [0.25, 0.3) is 10.8 Å². The highest BCUT2D eigenvalue weighted by atomic mass is 79.9. The maximum absolute atomic E-state index is 12.1. The molecule has 7 nitrogen and oxygen atoms in total. The van der Waals surface area contributed by atoms with Crippen molar-refractivity contribution >= 4 is 50.1 Å². The number of ether oxygens (including phenoxy) is 1. The number of hydrogen-bond acceptors (Lipinski definition) is 4. The van der Waals surface area contributed by atoms with Crippen molar-refractivity contribution in [3.8, 4) is 5.75 Å². The van der Waals surface area contributed by atoms with Crippen molar-refractivity contribution in [1.82, 2.24) is 10.9 Å². The Morgan fingerprint density at radius 2 is 1.59 bits per heavy atom. The summed E-state index contributed by atoms with van der Waals surface area (Å²) in [6, 6.07) is 17.2. The average Bonchev–Trinajstić information content (AvgIpc) is 2.78. The smallest absolute Gasteiger partial charge is 0.276 e. The van der Waals surface area contributed by atoms with E-state index in [9.17, 15) is 14.4 Å². The van der Waals surface area contributed by atoms with E-state index >= 15 is 0 Å². The highest BCUT2D eigenvalue weighted by Crippen LogP contribution is 2.32. The number of aryl methyl sites for hydroxylation is 2.